The summed E-state index contributed by atoms with van der Waals surface area (Å²) in [7, 11) is 0. The molecule has 1 spiro atoms. The van der Waals surface area contributed by atoms with Gasteiger partial charge in [0.2, 0.25) is 5.91 Å². The molecule has 1 saturated carbocycles. The number of carbonyl (C=O) groups is 1. The molecule has 5 heteroatoms. The van der Waals surface area contributed by atoms with E-state index in [9.17, 15) is 4.79 Å². The Labute approximate surface area is 147 Å². The molecule has 1 aromatic rings. The smallest absolute Gasteiger partial charge is 0.226 e. The van der Waals surface area contributed by atoms with Gasteiger partial charge >= 0.3 is 0 Å². The molecule has 1 amide bonds. The molecular weight excluding hydrogens is 331 g/mol. The van der Waals surface area contributed by atoms with Crippen LogP contribution in [0.1, 0.15) is 43.4 Å². The van der Waals surface area contributed by atoms with Gasteiger partial charge in [-0.25, -0.2) is 0 Å². The number of hydrogen-bond donors (Lipinski definition) is 1. The number of halogens is 2. The van der Waals surface area contributed by atoms with Gasteiger partial charge < -0.3 is 10.2 Å². The van der Waals surface area contributed by atoms with E-state index in [1.54, 1.807) is 6.07 Å². The minimum Gasteiger partial charge on any atom is -0.335 e. The van der Waals surface area contributed by atoms with Crippen molar-refractivity contribution in [2.45, 2.75) is 38.6 Å². The van der Waals surface area contributed by atoms with Crippen LogP contribution in [0.5, 0.6) is 0 Å². The average molecular weight is 353 g/mol. The first-order chi connectivity index (χ1) is 11.0. The number of benzene rings is 1. The fourth-order valence-electron chi connectivity index (χ4n) is 4.53. The summed E-state index contributed by atoms with van der Waals surface area (Å²) in [6.45, 7) is 4.96. The van der Waals surface area contributed by atoms with Crippen molar-refractivity contribution in [2.24, 2.45) is 11.3 Å². The molecular formula is C18H22Cl2N2O. The summed E-state index contributed by atoms with van der Waals surface area (Å²) in [4.78, 5) is 15.1. The second-order valence-corrected chi connectivity index (χ2v) is 8.13. The number of hydrogen-bond acceptors (Lipinski definition) is 2. The second-order valence-electron chi connectivity index (χ2n) is 7.28. The number of fused-ring (bicyclic) bond motifs is 1. The van der Waals surface area contributed by atoms with Crippen molar-refractivity contribution in [3.63, 3.8) is 0 Å². The van der Waals surface area contributed by atoms with Crippen molar-refractivity contribution in [1.29, 1.82) is 0 Å². The van der Waals surface area contributed by atoms with Gasteiger partial charge in [0.1, 0.15) is 0 Å². The van der Waals surface area contributed by atoms with Gasteiger partial charge in [-0.3, -0.25) is 4.79 Å². The summed E-state index contributed by atoms with van der Waals surface area (Å²) in [6, 6.07) is 3.83. The van der Waals surface area contributed by atoms with E-state index in [4.69, 9.17) is 23.2 Å². The van der Waals surface area contributed by atoms with Crippen LogP contribution < -0.4 is 5.32 Å². The normalized spacial score (nSPS) is 28.6. The molecule has 1 aliphatic carbocycles. The maximum atomic E-state index is 13.1. The van der Waals surface area contributed by atoms with Crippen LogP contribution in [-0.2, 0) is 11.2 Å². The Balaban J connectivity index is 1.56. The van der Waals surface area contributed by atoms with Crippen LogP contribution in [0.2, 0.25) is 10.0 Å². The standard InChI is InChI=1S/C18H22Cl2N2O/c1-11-14-8-12(19)9-16(20)13(14)2-7-22(11)17(23)15-10-18(15)3-5-21-6-4-18/h8-9,11,15,21H,2-7,10H2,1H3. The molecule has 1 saturated heterocycles. The fourth-order valence-corrected chi connectivity index (χ4v) is 5.13. The zero-order valence-electron chi connectivity index (χ0n) is 13.4. The molecule has 0 radical (unpaired) electrons. The van der Waals surface area contributed by atoms with E-state index in [2.05, 4.69) is 17.1 Å². The molecule has 1 N–H and O–H groups in total. The van der Waals surface area contributed by atoms with Gasteiger partial charge in [0, 0.05) is 22.5 Å². The minimum atomic E-state index is 0.0572. The van der Waals surface area contributed by atoms with Crippen LogP contribution in [0, 0.1) is 11.3 Å². The van der Waals surface area contributed by atoms with E-state index in [1.165, 1.54) is 0 Å². The number of nitrogens with zero attached hydrogens (tertiary/aromatic N) is 1. The molecule has 0 aromatic heterocycles. The lowest BCUT2D eigenvalue weighted by Crippen LogP contribution is -2.41. The second kappa shape index (κ2) is 5.65. The quantitative estimate of drug-likeness (QED) is 0.832. The Bertz CT molecular complexity index is 655. The largest absolute Gasteiger partial charge is 0.335 e. The van der Waals surface area contributed by atoms with Crippen LogP contribution in [0.15, 0.2) is 12.1 Å². The minimum absolute atomic E-state index is 0.0572. The third kappa shape index (κ3) is 2.57. The molecule has 2 atom stereocenters. The van der Waals surface area contributed by atoms with Gasteiger partial charge in [0.15, 0.2) is 0 Å². The van der Waals surface area contributed by atoms with Crippen LogP contribution >= 0.6 is 23.2 Å². The monoisotopic (exact) mass is 352 g/mol. The van der Waals surface area contributed by atoms with Gasteiger partial charge in [-0.2, -0.15) is 0 Å². The molecule has 3 nitrogen and oxygen atoms in total. The fraction of sp³-hybridized carbons (Fsp3) is 0.611. The molecule has 2 aliphatic heterocycles. The molecule has 1 aromatic carbocycles. The van der Waals surface area contributed by atoms with Gasteiger partial charge in [0.05, 0.1) is 6.04 Å². The number of carbonyl (C=O) groups excluding carboxylic acids is 1. The van der Waals surface area contributed by atoms with Gasteiger partial charge in [-0.1, -0.05) is 23.2 Å². The Kier molecular flexibility index (Phi) is 3.86. The molecule has 2 fully saturated rings. The van der Waals surface area contributed by atoms with Gasteiger partial charge in [-0.05, 0) is 74.4 Å². The molecule has 124 valence electrons. The summed E-state index contributed by atoms with van der Waals surface area (Å²) in [5.74, 6) is 0.560. The van der Waals surface area contributed by atoms with Crippen LogP contribution in [0.3, 0.4) is 0 Å². The molecule has 2 heterocycles. The number of piperidine rings is 1. The Morgan fingerprint density at radius 2 is 2.04 bits per heavy atom. The van der Waals surface area contributed by atoms with Crippen LogP contribution in [0.4, 0.5) is 0 Å². The predicted octanol–water partition coefficient (Wildman–Crippen LogP) is 3.83. The third-order valence-corrected chi connectivity index (χ3v) is 6.64. The van der Waals surface area contributed by atoms with E-state index < -0.39 is 0 Å². The zero-order valence-corrected chi connectivity index (χ0v) is 14.9. The molecule has 3 aliphatic rings. The maximum absolute atomic E-state index is 13.1. The first kappa shape index (κ1) is 15.7. The molecule has 4 rings (SSSR count). The van der Waals surface area contributed by atoms with Crippen molar-refractivity contribution < 1.29 is 4.79 Å². The van der Waals surface area contributed by atoms with Gasteiger partial charge in [0.25, 0.3) is 0 Å². The van der Waals surface area contributed by atoms with Crippen molar-refractivity contribution in [3.8, 4) is 0 Å². The first-order valence-corrected chi connectivity index (χ1v) is 9.26. The summed E-state index contributed by atoms with van der Waals surface area (Å²) in [5, 5.41) is 4.78. The first-order valence-electron chi connectivity index (χ1n) is 8.51. The summed E-state index contributed by atoms with van der Waals surface area (Å²) in [6.07, 6.45) is 4.17. The van der Waals surface area contributed by atoms with E-state index in [0.29, 0.717) is 10.9 Å². The van der Waals surface area contributed by atoms with E-state index >= 15 is 0 Å². The van der Waals surface area contributed by atoms with Crippen molar-refractivity contribution in [3.05, 3.63) is 33.3 Å². The van der Waals surface area contributed by atoms with Gasteiger partial charge in [-0.15, -0.1) is 0 Å². The Morgan fingerprint density at radius 3 is 2.78 bits per heavy atom. The summed E-state index contributed by atoms with van der Waals surface area (Å²) >= 11 is 12.5. The van der Waals surface area contributed by atoms with Crippen molar-refractivity contribution in [1.82, 2.24) is 10.2 Å². The summed E-state index contributed by atoms with van der Waals surface area (Å²) in [5.41, 5.74) is 2.55. The lowest BCUT2D eigenvalue weighted by molar-refractivity contribution is -0.136. The molecule has 2 unspecified atom stereocenters. The third-order valence-electron chi connectivity index (χ3n) is 6.09. The van der Waals surface area contributed by atoms with Crippen LogP contribution in [-0.4, -0.2) is 30.4 Å². The number of nitrogens with one attached hydrogen (secondary N) is 1. The number of rotatable bonds is 1. The summed E-state index contributed by atoms with van der Waals surface area (Å²) < 4.78 is 0. The van der Waals surface area contributed by atoms with E-state index in [-0.39, 0.29) is 17.4 Å². The highest BCUT2D eigenvalue weighted by atomic mass is 35.5. The lowest BCUT2D eigenvalue weighted by Gasteiger charge is -2.37. The highest BCUT2D eigenvalue weighted by Crippen LogP contribution is 2.59. The highest BCUT2D eigenvalue weighted by molar-refractivity contribution is 6.35. The SMILES string of the molecule is CC1c2cc(Cl)cc(Cl)c2CCN1C(=O)C1CC12CCNCC2. The van der Waals surface area contributed by atoms with E-state index in [1.807, 2.05) is 6.07 Å². The van der Waals surface area contributed by atoms with Crippen molar-refractivity contribution in [2.75, 3.05) is 19.6 Å². The molecule has 23 heavy (non-hydrogen) atoms. The zero-order chi connectivity index (χ0) is 16.2. The average Bonchev–Trinajstić information content (AvgIpc) is 3.21. The Hall–Kier alpha value is -0.770. The predicted molar refractivity (Wildman–Crippen MR) is 92.9 cm³/mol. The van der Waals surface area contributed by atoms with Crippen molar-refractivity contribution >= 4 is 29.1 Å². The van der Waals surface area contributed by atoms with E-state index in [0.717, 1.165) is 61.5 Å². The maximum Gasteiger partial charge on any atom is 0.226 e. The van der Waals surface area contributed by atoms with Crippen LogP contribution in [0.25, 0.3) is 0 Å². The molecule has 0 bridgehead atoms. The lowest BCUT2D eigenvalue weighted by atomic mass is 9.90. The number of amides is 1. The topological polar surface area (TPSA) is 32.3 Å². The Morgan fingerprint density at radius 1 is 1.30 bits per heavy atom. The highest BCUT2D eigenvalue weighted by Gasteiger charge is 2.59.